The highest BCUT2D eigenvalue weighted by atomic mass is 16.7. The van der Waals surface area contributed by atoms with E-state index in [1.807, 2.05) is 6.92 Å². The molecule has 0 heterocycles. The molecule has 0 fully saturated rings. The van der Waals surface area contributed by atoms with Gasteiger partial charge in [-0.3, -0.25) is 0 Å². The molecule has 0 amide bonds. The van der Waals surface area contributed by atoms with Crippen LogP contribution in [-0.4, -0.2) is 18.9 Å². The zero-order valence-electron chi connectivity index (χ0n) is 11.3. The fourth-order valence-electron chi connectivity index (χ4n) is 1.31. The van der Waals surface area contributed by atoms with E-state index in [1.54, 1.807) is 6.92 Å². The Balaban J connectivity index is 3.79. The average Bonchev–Trinajstić information content (AvgIpc) is 2.32. The highest BCUT2D eigenvalue weighted by Gasteiger charge is 2.09. The molecule has 0 aromatic carbocycles. The van der Waals surface area contributed by atoms with Crippen LogP contribution in [0.5, 0.6) is 0 Å². The van der Waals surface area contributed by atoms with Gasteiger partial charge >= 0.3 is 6.16 Å². The maximum Gasteiger partial charge on any atom is 0.509 e. The van der Waals surface area contributed by atoms with Gasteiger partial charge in [0.15, 0.2) is 6.10 Å². The van der Waals surface area contributed by atoms with Crippen molar-refractivity contribution in [1.29, 1.82) is 0 Å². The van der Waals surface area contributed by atoms with Crippen molar-refractivity contribution in [3.8, 4) is 11.8 Å². The molecule has 0 aliphatic rings. The molecule has 1 unspecified atom stereocenters. The first kappa shape index (κ1) is 15.8. The topological polar surface area (TPSA) is 35.5 Å². The summed E-state index contributed by atoms with van der Waals surface area (Å²) in [7, 11) is 0. The summed E-state index contributed by atoms with van der Waals surface area (Å²) in [6, 6.07) is 0. The predicted molar refractivity (Wildman–Crippen MR) is 68.7 cm³/mol. The fraction of sp³-hybridized carbons (Fsp3) is 0.786. The Kier molecular flexibility index (Phi) is 10.5. The molecule has 17 heavy (non-hydrogen) atoms. The van der Waals surface area contributed by atoms with Gasteiger partial charge in [-0.25, -0.2) is 4.79 Å². The van der Waals surface area contributed by atoms with E-state index in [0.29, 0.717) is 13.0 Å². The largest absolute Gasteiger partial charge is 0.509 e. The summed E-state index contributed by atoms with van der Waals surface area (Å²) in [6.07, 6.45) is 5.45. The highest BCUT2D eigenvalue weighted by Crippen LogP contribution is 2.02. The monoisotopic (exact) mass is 240 g/mol. The van der Waals surface area contributed by atoms with Crippen molar-refractivity contribution < 1.29 is 14.3 Å². The summed E-state index contributed by atoms with van der Waals surface area (Å²) >= 11 is 0. The van der Waals surface area contributed by atoms with Gasteiger partial charge in [0.1, 0.15) is 0 Å². The van der Waals surface area contributed by atoms with Crippen molar-refractivity contribution >= 4 is 6.16 Å². The molecule has 0 saturated heterocycles. The van der Waals surface area contributed by atoms with E-state index in [-0.39, 0.29) is 6.10 Å². The van der Waals surface area contributed by atoms with Gasteiger partial charge in [0, 0.05) is 6.42 Å². The second-order valence-electron chi connectivity index (χ2n) is 3.83. The van der Waals surface area contributed by atoms with Gasteiger partial charge < -0.3 is 9.47 Å². The van der Waals surface area contributed by atoms with E-state index in [1.165, 1.54) is 19.3 Å². The van der Waals surface area contributed by atoms with Crippen molar-refractivity contribution in [2.45, 2.75) is 65.4 Å². The SMILES string of the molecule is CCCCCCC#CC(CC)OC(=O)OCC. The molecule has 3 heteroatoms. The van der Waals surface area contributed by atoms with E-state index < -0.39 is 6.16 Å². The van der Waals surface area contributed by atoms with Gasteiger partial charge in [0.25, 0.3) is 0 Å². The van der Waals surface area contributed by atoms with E-state index in [4.69, 9.17) is 9.47 Å². The molecule has 98 valence electrons. The Morgan fingerprint density at radius 1 is 1.18 bits per heavy atom. The van der Waals surface area contributed by atoms with E-state index in [2.05, 4.69) is 18.8 Å². The first-order valence-electron chi connectivity index (χ1n) is 6.56. The summed E-state index contributed by atoms with van der Waals surface area (Å²) in [4.78, 5) is 11.1. The summed E-state index contributed by atoms with van der Waals surface area (Å²) in [5, 5.41) is 0. The van der Waals surface area contributed by atoms with Gasteiger partial charge in [-0.1, -0.05) is 45.0 Å². The third-order valence-corrected chi connectivity index (χ3v) is 2.29. The Morgan fingerprint density at radius 2 is 1.94 bits per heavy atom. The number of carbonyl (C=O) groups excluding carboxylic acids is 1. The molecule has 1 atom stereocenters. The predicted octanol–water partition coefficient (Wildman–Crippen LogP) is 3.91. The summed E-state index contributed by atoms with van der Waals surface area (Å²) in [5.41, 5.74) is 0. The molecule has 3 nitrogen and oxygen atoms in total. The van der Waals surface area contributed by atoms with Crippen LogP contribution in [0.15, 0.2) is 0 Å². The highest BCUT2D eigenvalue weighted by molar-refractivity contribution is 5.60. The molecule has 0 aromatic heterocycles. The third-order valence-electron chi connectivity index (χ3n) is 2.29. The molecule has 0 aliphatic heterocycles. The van der Waals surface area contributed by atoms with Gasteiger partial charge in [-0.15, -0.1) is 0 Å². The lowest BCUT2D eigenvalue weighted by molar-refractivity contribution is 0.0421. The molecule has 0 bridgehead atoms. The van der Waals surface area contributed by atoms with Crippen molar-refractivity contribution in [2.75, 3.05) is 6.61 Å². The van der Waals surface area contributed by atoms with Crippen molar-refractivity contribution in [1.82, 2.24) is 0 Å². The molecule has 0 saturated carbocycles. The Bertz CT molecular complexity index is 250. The molecule has 0 rings (SSSR count). The fourth-order valence-corrected chi connectivity index (χ4v) is 1.31. The Morgan fingerprint density at radius 3 is 2.53 bits per heavy atom. The maximum absolute atomic E-state index is 11.1. The van der Waals surface area contributed by atoms with Gasteiger partial charge in [-0.05, 0) is 19.8 Å². The summed E-state index contributed by atoms with van der Waals surface area (Å²) in [5.74, 6) is 6.02. The second-order valence-corrected chi connectivity index (χ2v) is 3.83. The summed E-state index contributed by atoms with van der Waals surface area (Å²) < 4.78 is 9.74. The first-order valence-corrected chi connectivity index (χ1v) is 6.56. The van der Waals surface area contributed by atoms with Crippen LogP contribution < -0.4 is 0 Å². The van der Waals surface area contributed by atoms with E-state index in [9.17, 15) is 4.79 Å². The van der Waals surface area contributed by atoms with Crippen LogP contribution in [0.2, 0.25) is 0 Å². The lowest BCUT2D eigenvalue weighted by atomic mass is 10.1. The minimum Gasteiger partial charge on any atom is -0.435 e. The minimum absolute atomic E-state index is 0.333. The number of ether oxygens (including phenoxy) is 2. The average molecular weight is 240 g/mol. The zero-order valence-corrected chi connectivity index (χ0v) is 11.3. The smallest absolute Gasteiger partial charge is 0.435 e. The van der Waals surface area contributed by atoms with Gasteiger partial charge in [-0.2, -0.15) is 0 Å². The number of hydrogen-bond acceptors (Lipinski definition) is 3. The van der Waals surface area contributed by atoms with Gasteiger partial charge in [0.2, 0.25) is 0 Å². The molecule has 0 N–H and O–H groups in total. The van der Waals surface area contributed by atoms with Crippen LogP contribution in [0.25, 0.3) is 0 Å². The quantitative estimate of drug-likeness (QED) is 0.384. The van der Waals surface area contributed by atoms with Crippen molar-refractivity contribution in [3.63, 3.8) is 0 Å². The molecule has 0 aromatic rings. The van der Waals surface area contributed by atoms with E-state index >= 15 is 0 Å². The van der Waals surface area contributed by atoms with Crippen molar-refractivity contribution in [3.05, 3.63) is 0 Å². The number of unbranched alkanes of at least 4 members (excludes halogenated alkanes) is 4. The van der Waals surface area contributed by atoms with Crippen molar-refractivity contribution in [2.24, 2.45) is 0 Å². The van der Waals surface area contributed by atoms with Crippen LogP contribution in [0.4, 0.5) is 4.79 Å². The Hall–Kier alpha value is -1.17. The third kappa shape index (κ3) is 9.74. The van der Waals surface area contributed by atoms with Crippen LogP contribution in [0.3, 0.4) is 0 Å². The van der Waals surface area contributed by atoms with E-state index in [0.717, 1.165) is 12.8 Å². The lowest BCUT2D eigenvalue weighted by Crippen LogP contribution is -2.16. The van der Waals surface area contributed by atoms with Crippen LogP contribution in [-0.2, 0) is 9.47 Å². The summed E-state index contributed by atoms with van der Waals surface area (Å²) in [6.45, 7) is 6.21. The lowest BCUT2D eigenvalue weighted by Gasteiger charge is -2.09. The maximum atomic E-state index is 11.1. The minimum atomic E-state index is -0.625. The van der Waals surface area contributed by atoms with Crippen LogP contribution in [0, 0.1) is 11.8 Å². The van der Waals surface area contributed by atoms with Crippen LogP contribution in [0.1, 0.15) is 59.3 Å². The zero-order chi connectivity index (χ0) is 12.9. The molecule has 0 aliphatic carbocycles. The molecular formula is C14H24O3. The number of carbonyl (C=O) groups is 1. The molecule has 0 spiro atoms. The molecule has 0 radical (unpaired) electrons. The van der Waals surface area contributed by atoms with Crippen LogP contribution >= 0.6 is 0 Å². The van der Waals surface area contributed by atoms with Gasteiger partial charge in [0.05, 0.1) is 6.61 Å². The first-order chi connectivity index (χ1) is 8.24. The second kappa shape index (κ2) is 11.3. The normalized spacial score (nSPS) is 11.2. The Labute approximate surface area is 105 Å². The number of hydrogen-bond donors (Lipinski definition) is 0. The standard InChI is InChI=1S/C14H24O3/c1-4-7-8-9-10-11-12-13(5-2)17-14(15)16-6-3/h13H,4-10H2,1-3H3. The number of rotatable bonds is 7. The molecular weight excluding hydrogens is 216 g/mol.